The van der Waals surface area contributed by atoms with Crippen molar-refractivity contribution in [3.63, 3.8) is 0 Å². The van der Waals surface area contributed by atoms with E-state index >= 15 is 0 Å². The summed E-state index contributed by atoms with van der Waals surface area (Å²) < 4.78 is 0. The van der Waals surface area contributed by atoms with Crippen molar-refractivity contribution < 1.29 is 0 Å². The fraction of sp³-hybridized carbons (Fsp3) is 0.765. The van der Waals surface area contributed by atoms with E-state index in [1.807, 2.05) is 13.8 Å². The summed E-state index contributed by atoms with van der Waals surface area (Å²) >= 11 is 0. The number of hydrogen-bond acceptors (Lipinski definition) is 0. The average Bonchev–Trinajstić information content (AvgIpc) is 2.42. The Morgan fingerprint density at radius 2 is 1.88 bits per heavy atom. The first-order chi connectivity index (χ1) is 7.98. The number of rotatable bonds is 0. The molecule has 0 bridgehead atoms. The highest BCUT2D eigenvalue weighted by Crippen LogP contribution is 2.44. The Morgan fingerprint density at radius 3 is 2.53 bits per heavy atom. The highest BCUT2D eigenvalue weighted by Gasteiger charge is 2.33. The van der Waals surface area contributed by atoms with Gasteiger partial charge >= 0.3 is 0 Å². The van der Waals surface area contributed by atoms with Gasteiger partial charge in [0.15, 0.2) is 0 Å². The first kappa shape index (κ1) is 14.5. The zero-order valence-electron chi connectivity index (χ0n) is 12.6. The van der Waals surface area contributed by atoms with Crippen LogP contribution in [0.2, 0.25) is 0 Å². The second kappa shape index (κ2) is 5.89. The molecule has 0 heterocycles. The SMILES string of the molecule is CC.CC1=CCC(C)CC2C=CC(C)(C)CC12. The first-order valence-electron chi connectivity index (χ1n) is 7.34. The molecule has 0 saturated heterocycles. The fourth-order valence-corrected chi connectivity index (χ4v) is 3.15. The molecule has 17 heavy (non-hydrogen) atoms. The molecule has 0 fully saturated rings. The van der Waals surface area contributed by atoms with Crippen molar-refractivity contribution >= 4 is 0 Å². The van der Waals surface area contributed by atoms with Crippen molar-refractivity contribution in [2.75, 3.05) is 0 Å². The first-order valence-corrected chi connectivity index (χ1v) is 7.34. The van der Waals surface area contributed by atoms with Crippen molar-refractivity contribution in [2.45, 2.75) is 60.8 Å². The van der Waals surface area contributed by atoms with Gasteiger partial charge in [-0.3, -0.25) is 0 Å². The summed E-state index contributed by atoms with van der Waals surface area (Å²) in [6.45, 7) is 13.5. The van der Waals surface area contributed by atoms with Crippen LogP contribution in [0, 0.1) is 23.2 Å². The normalized spacial score (nSPS) is 34.9. The molecule has 0 heteroatoms. The van der Waals surface area contributed by atoms with Crippen molar-refractivity contribution in [1.29, 1.82) is 0 Å². The van der Waals surface area contributed by atoms with Crippen LogP contribution in [-0.2, 0) is 0 Å². The van der Waals surface area contributed by atoms with Crippen molar-refractivity contribution in [3.05, 3.63) is 23.8 Å². The predicted molar refractivity (Wildman–Crippen MR) is 78.0 cm³/mol. The van der Waals surface area contributed by atoms with Crippen LogP contribution in [0.1, 0.15) is 60.8 Å². The van der Waals surface area contributed by atoms with Gasteiger partial charge < -0.3 is 0 Å². The molecule has 98 valence electrons. The van der Waals surface area contributed by atoms with Gasteiger partial charge in [-0.1, -0.05) is 58.4 Å². The van der Waals surface area contributed by atoms with E-state index in [2.05, 4.69) is 45.9 Å². The Labute approximate surface area is 108 Å². The second-order valence-electron chi connectivity index (χ2n) is 6.35. The zero-order valence-corrected chi connectivity index (χ0v) is 12.6. The third-order valence-corrected chi connectivity index (χ3v) is 4.16. The Morgan fingerprint density at radius 1 is 1.24 bits per heavy atom. The summed E-state index contributed by atoms with van der Waals surface area (Å²) in [5, 5.41) is 0. The van der Waals surface area contributed by atoms with Crippen molar-refractivity contribution in [2.24, 2.45) is 23.2 Å². The van der Waals surface area contributed by atoms with Crippen LogP contribution < -0.4 is 0 Å². The molecule has 0 spiro atoms. The lowest BCUT2D eigenvalue weighted by molar-refractivity contribution is 0.263. The summed E-state index contributed by atoms with van der Waals surface area (Å²) in [5.74, 6) is 2.49. The largest absolute Gasteiger partial charge is 0.0850 e. The molecule has 0 aromatic carbocycles. The highest BCUT2D eigenvalue weighted by atomic mass is 14.4. The molecular formula is C17H30. The van der Waals surface area contributed by atoms with Gasteiger partial charge in [0.1, 0.15) is 0 Å². The van der Waals surface area contributed by atoms with E-state index in [9.17, 15) is 0 Å². The maximum absolute atomic E-state index is 2.49. The molecule has 2 aliphatic carbocycles. The zero-order chi connectivity index (χ0) is 13.1. The summed E-state index contributed by atoms with van der Waals surface area (Å²) in [6.07, 6.45) is 11.4. The van der Waals surface area contributed by atoms with Crippen LogP contribution in [0.3, 0.4) is 0 Å². The van der Waals surface area contributed by atoms with Gasteiger partial charge in [0, 0.05) is 0 Å². The summed E-state index contributed by atoms with van der Waals surface area (Å²) in [5.41, 5.74) is 2.05. The maximum atomic E-state index is 2.49. The molecule has 0 nitrogen and oxygen atoms in total. The van der Waals surface area contributed by atoms with Gasteiger partial charge in [0.05, 0.1) is 0 Å². The number of hydrogen-bond donors (Lipinski definition) is 0. The fourth-order valence-electron chi connectivity index (χ4n) is 3.15. The molecule has 0 aromatic rings. The Bertz CT molecular complexity index is 293. The van der Waals surface area contributed by atoms with E-state index in [1.54, 1.807) is 5.57 Å². The molecular weight excluding hydrogens is 204 g/mol. The maximum Gasteiger partial charge on any atom is -0.0135 e. The van der Waals surface area contributed by atoms with Gasteiger partial charge in [-0.15, -0.1) is 0 Å². The van der Waals surface area contributed by atoms with Gasteiger partial charge in [0.25, 0.3) is 0 Å². The smallest absolute Gasteiger partial charge is 0.0135 e. The quantitative estimate of drug-likeness (QED) is 0.478. The third-order valence-electron chi connectivity index (χ3n) is 4.16. The van der Waals surface area contributed by atoms with Crippen LogP contribution in [0.25, 0.3) is 0 Å². The minimum Gasteiger partial charge on any atom is -0.0850 e. The average molecular weight is 234 g/mol. The van der Waals surface area contributed by atoms with Crippen molar-refractivity contribution in [1.82, 2.24) is 0 Å². The lowest BCUT2D eigenvalue weighted by Crippen LogP contribution is -2.26. The molecule has 2 rings (SSSR count). The van der Waals surface area contributed by atoms with E-state index < -0.39 is 0 Å². The topological polar surface area (TPSA) is 0 Å². The Hall–Kier alpha value is -0.520. The lowest BCUT2D eigenvalue weighted by atomic mass is 9.68. The van der Waals surface area contributed by atoms with Crippen LogP contribution in [0.4, 0.5) is 0 Å². The second-order valence-corrected chi connectivity index (χ2v) is 6.35. The molecule has 3 atom stereocenters. The van der Waals surface area contributed by atoms with Crippen LogP contribution in [0.15, 0.2) is 23.8 Å². The van der Waals surface area contributed by atoms with Gasteiger partial charge in [0.2, 0.25) is 0 Å². The molecule has 0 aromatic heterocycles. The molecule has 0 radical (unpaired) electrons. The Kier molecular flexibility index (Phi) is 5.04. The summed E-state index contributed by atoms with van der Waals surface area (Å²) in [7, 11) is 0. The van der Waals surface area contributed by atoms with Gasteiger partial charge in [-0.25, -0.2) is 0 Å². The predicted octanol–water partition coefficient (Wildman–Crippen LogP) is 5.61. The minimum atomic E-state index is 0.407. The van der Waals surface area contributed by atoms with E-state index in [-0.39, 0.29) is 0 Å². The van der Waals surface area contributed by atoms with Crippen LogP contribution in [0.5, 0.6) is 0 Å². The molecule has 0 saturated carbocycles. The van der Waals surface area contributed by atoms with E-state index in [0.717, 1.165) is 17.8 Å². The van der Waals surface area contributed by atoms with Crippen LogP contribution >= 0.6 is 0 Å². The summed E-state index contributed by atoms with van der Waals surface area (Å²) in [4.78, 5) is 0. The summed E-state index contributed by atoms with van der Waals surface area (Å²) in [6, 6.07) is 0. The highest BCUT2D eigenvalue weighted by molar-refractivity contribution is 5.17. The Balaban J connectivity index is 0.000000686. The standard InChI is InChI=1S/C15H24.C2H6/c1-11-5-6-12(2)14-10-15(3,4)8-7-13(14)9-11;1-2/h6-8,11,13-14H,5,9-10H2,1-4H3;1-2H3. The van der Waals surface area contributed by atoms with E-state index in [4.69, 9.17) is 0 Å². The van der Waals surface area contributed by atoms with Crippen LogP contribution in [-0.4, -0.2) is 0 Å². The molecule has 3 unspecified atom stereocenters. The van der Waals surface area contributed by atoms with E-state index in [1.165, 1.54) is 19.3 Å². The van der Waals surface area contributed by atoms with Gasteiger partial charge in [-0.2, -0.15) is 0 Å². The monoisotopic (exact) mass is 234 g/mol. The van der Waals surface area contributed by atoms with E-state index in [0.29, 0.717) is 5.41 Å². The minimum absolute atomic E-state index is 0.407. The third kappa shape index (κ3) is 3.72. The molecule has 0 amide bonds. The van der Waals surface area contributed by atoms with Crippen molar-refractivity contribution in [3.8, 4) is 0 Å². The number of allylic oxidation sites excluding steroid dienone is 4. The molecule has 0 N–H and O–H groups in total. The molecule has 2 aliphatic rings. The lowest BCUT2D eigenvalue weighted by Gasteiger charge is -2.36. The number of fused-ring (bicyclic) bond motifs is 1. The molecule has 0 aliphatic heterocycles. The van der Waals surface area contributed by atoms with Gasteiger partial charge in [-0.05, 0) is 49.4 Å².